The predicted molar refractivity (Wildman–Crippen MR) is 65.8 cm³/mol. The lowest BCUT2D eigenvalue weighted by atomic mass is 9.97. The van der Waals surface area contributed by atoms with Crippen molar-refractivity contribution in [3.8, 4) is 0 Å². The van der Waals surface area contributed by atoms with Gasteiger partial charge >= 0.3 is 0 Å². The molecule has 2 unspecified atom stereocenters. The molecule has 0 aliphatic carbocycles. The SMILES string of the molecule is CC1CCCC(CN)N1c1nc(Cl)cs1. The van der Waals surface area contributed by atoms with E-state index in [1.807, 2.05) is 5.38 Å². The molecule has 1 aromatic rings. The monoisotopic (exact) mass is 245 g/mol. The van der Waals surface area contributed by atoms with Crippen LogP contribution in [0.2, 0.25) is 5.15 Å². The van der Waals surface area contributed by atoms with Crippen molar-refractivity contribution in [1.82, 2.24) is 4.98 Å². The molecule has 2 N–H and O–H groups in total. The second kappa shape index (κ2) is 4.68. The molecule has 0 aromatic carbocycles. The zero-order valence-electron chi connectivity index (χ0n) is 8.82. The molecule has 84 valence electrons. The fourth-order valence-corrected chi connectivity index (χ4v) is 3.35. The first-order chi connectivity index (χ1) is 7.22. The highest BCUT2D eigenvalue weighted by Gasteiger charge is 2.28. The molecule has 1 aliphatic heterocycles. The molecule has 1 aliphatic rings. The van der Waals surface area contributed by atoms with Crippen LogP contribution in [0.1, 0.15) is 26.2 Å². The summed E-state index contributed by atoms with van der Waals surface area (Å²) in [6, 6.07) is 0.950. The molecule has 1 saturated heterocycles. The number of aromatic nitrogens is 1. The average molecular weight is 246 g/mol. The number of hydrogen-bond donors (Lipinski definition) is 1. The maximum atomic E-state index is 5.86. The summed E-state index contributed by atoms with van der Waals surface area (Å²) in [6.45, 7) is 2.93. The number of hydrogen-bond acceptors (Lipinski definition) is 4. The van der Waals surface area contributed by atoms with Crippen molar-refractivity contribution < 1.29 is 0 Å². The summed E-state index contributed by atoms with van der Waals surface area (Å²) in [5.74, 6) is 0. The number of rotatable bonds is 2. The Bertz CT molecular complexity index is 328. The molecule has 0 bridgehead atoms. The highest BCUT2D eigenvalue weighted by Crippen LogP contribution is 2.32. The fraction of sp³-hybridized carbons (Fsp3) is 0.700. The highest BCUT2D eigenvalue weighted by molar-refractivity contribution is 7.14. The third-order valence-electron chi connectivity index (χ3n) is 2.98. The summed E-state index contributed by atoms with van der Waals surface area (Å²) < 4.78 is 0. The van der Waals surface area contributed by atoms with Gasteiger partial charge in [-0.3, -0.25) is 0 Å². The van der Waals surface area contributed by atoms with E-state index in [0.717, 1.165) is 11.6 Å². The largest absolute Gasteiger partial charge is 0.341 e. The summed E-state index contributed by atoms with van der Waals surface area (Å²) in [6.07, 6.45) is 3.64. The summed E-state index contributed by atoms with van der Waals surface area (Å²) in [7, 11) is 0. The van der Waals surface area contributed by atoms with E-state index >= 15 is 0 Å². The molecule has 15 heavy (non-hydrogen) atoms. The molecule has 2 heterocycles. The summed E-state index contributed by atoms with van der Waals surface area (Å²) >= 11 is 7.47. The molecule has 0 radical (unpaired) electrons. The quantitative estimate of drug-likeness (QED) is 0.871. The van der Waals surface area contributed by atoms with E-state index in [-0.39, 0.29) is 0 Å². The van der Waals surface area contributed by atoms with Crippen LogP contribution < -0.4 is 10.6 Å². The molecule has 3 nitrogen and oxygen atoms in total. The Morgan fingerprint density at radius 2 is 2.47 bits per heavy atom. The number of thiazole rings is 1. The summed E-state index contributed by atoms with van der Waals surface area (Å²) in [5, 5.41) is 3.48. The van der Waals surface area contributed by atoms with Gasteiger partial charge in [-0.25, -0.2) is 4.98 Å². The van der Waals surface area contributed by atoms with Gasteiger partial charge in [0.25, 0.3) is 0 Å². The number of nitrogens with zero attached hydrogens (tertiary/aromatic N) is 2. The third kappa shape index (κ3) is 2.27. The van der Waals surface area contributed by atoms with Gasteiger partial charge in [0.05, 0.1) is 0 Å². The van der Waals surface area contributed by atoms with Gasteiger partial charge in [-0.2, -0.15) is 0 Å². The standard InChI is InChI=1S/C10H16ClN3S/c1-7-3-2-4-8(5-12)14(7)10-13-9(11)6-15-10/h6-8H,2-5,12H2,1H3. The maximum Gasteiger partial charge on any atom is 0.187 e. The van der Waals surface area contributed by atoms with Crippen molar-refractivity contribution in [2.75, 3.05) is 11.4 Å². The number of piperidine rings is 1. The van der Waals surface area contributed by atoms with E-state index in [1.165, 1.54) is 12.8 Å². The third-order valence-corrected chi connectivity index (χ3v) is 4.16. The maximum absolute atomic E-state index is 5.86. The Hall–Kier alpha value is -0.320. The topological polar surface area (TPSA) is 42.1 Å². The van der Waals surface area contributed by atoms with Crippen molar-refractivity contribution >= 4 is 28.1 Å². The van der Waals surface area contributed by atoms with Crippen LogP contribution in [0.25, 0.3) is 0 Å². The van der Waals surface area contributed by atoms with Gasteiger partial charge in [0, 0.05) is 24.0 Å². The van der Waals surface area contributed by atoms with Crippen LogP contribution in [0.5, 0.6) is 0 Å². The lowest BCUT2D eigenvalue weighted by Gasteiger charge is -2.40. The lowest BCUT2D eigenvalue weighted by Crippen LogP contribution is -2.49. The van der Waals surface area contributed by atoms with Crippen LogP contribution in [-0.2, 0) is 0 Å². The summed E-state index contributed by atoms with van der Waals surface area (Å²) in [4.78, 5) is 6.67. The van der Waals surface area contributed by atoms with E-state index in [0.29, 0.717) is 23.8 Å². The van der Waals surface area contributed by atoms with E-state index < -0.39 is 0 Å². The molecular formula is C10H16ClN3S. The van der Waals surface area contributed by atoms with Gasteiger partial charge in [-0.15, -0.1) is 11.3 Å². The average Bonchev–Trinajstić information content (AvgIpc) is 2.64. The molecule has 2 rings (SSSR count). The van der Waals surface area contributed by atoms with Crippen LogP contribution in [0.4, 0.5) is 5.13 Å². The van der Waals surface area contributed by atoms with Gasteiger partial charge in [-0.1, -0.05) is 11.6 Å². The molecule has 2 atom stereocenters. The minimum absolute atomic E-state index is 0.427. The molecule has 0 amide bonds. The second-order valence-corrected chi connectivity index (χ2v) is 5.25. The second-order valence-electron chi connectivity index (χ2n) is 4.03. The van der Waals surface area contributed by atoms with Crippen LogP contribution >= 0.6 is 22.9 Å². The highest BCUT2D eigenvalue weighted by atomic mass is 35.5. The molecule has 1 aromatic heterocycles. The minimum atomic E-state index is 0.427. The summed E-state index contributed by atoms with van der Waals surface area (Å²) in [5.41, 5.74) is 5.80. The first-order valence-corrected chi connectivity index (χ1v) is 6.57. The van der Waals surface area contributed by atoms with Crippen LogP contribution in [0.15, 0.2) is 5.38 Å². The Morgan fingerprint density at radius 1 is 1.67 bits per heavy atom. The van der Waals surface area contributed by atoms with E-state index in [1.54, 1.807) is 11.3 Å². The molecule has 1 fully saturated rings. The van der Waals surface area contributed by atoms with Crippen molar-refractivity contribution in [3.05, 3.63) is 10.5 Å². The molecule has 5 heteroatoms. The van der Waals surface area contributed by atoms with Gasteiger partial charge in [0.1, 0.15) is 5.15 Å². The number of anilines is 1. The van der Waals surface area contributed by atoms with Gasteiger partial charge in [0.2, 0.25) is 0 Å². The predicted octanol–water partition coefficient (Wildman–Crippen LogP) is 2.50. The van der Waals surface area contributed by atoms with Gasteiger partial charge in [0.15, 0.2) is 5.13 Å². The molecular weight excluding hydrogens is 230 g/mol. The zero-order chi connectivity index (χ0) is 10.8. The van der Waals surface area contributed by atoms with Crippen molar-refractivity contribution in [3.63, 3.8) is 0 Å². The smallest absolute Gasteiger partial charge is 0.187 e. The fourth-order valence-electron chi connectivity index (χ4n) is 2.23. The van der Waals surface area contributed by atoms with Crippen molar-refractivity contribution in [1.29, 1.82) is 0 Å². The van der Waals surface area contributed by atoms with Crippen molar-refractivity contribution in [2.45, 2.75) is 38.3 Å². The zero-order valence-corrected chi connectivity index (χ0v) is 10.4. The van der Waals surface area contributed by atoms with E-state index in [4.69, 9.17) is 17.3 Å². The van der Waals surface area contributed by atoms with Crippen LogP contribution in [0, 0.1) is 0 Å². The van der Waals surface area contributed by atoms with E-state index in [2.05, 4.69) is 16.8 Å². The first-order valence-electron chi connectivity index (χ1n) is 5.32. The van der Waals surface area contributed by atoms with E-state index in [9.17, 15) is 0 Å². The normalized spacial score (nSPS) is 27.0. The van der Waals surface area contributed by atoms with Gasteiger partial charge < -0.3 is 10.6 Å². The number of halogens is 1. The Labute approximate surface area is 99.2 Å². The lowest BCUT2D eigenvalue weighted by molar-refractivity contribution is 0.400. The van der Waals surface area contributed by atoms with Crippen LogP contribution in [0.3, 0.4) is 0 Å². The minimum Gasteiger partial charge on any atom is -0.341 e. The first kappa shape index (κ1) is 11.2. The molecule has 0 spiro atoms. The van der Waals surface area contributed by atoms with Crippen LogP contribution in [-0.4, -0.2) is 23.6 Å². The Kier molecular flexibility index (Phi) is 3.49. The Balaban J connectivity index is 2.22. The molecule has 0 saturated carbocycles. The van der Waals surface area contributed by atoms with Gasteiger partial charge in [-0.05, 0) is 26.2 Å². The van der Waals surface area contributed by atoms with Crippen molar-refractivity contribution in [2.24, 2.45) is 5.73 Å². The Morgan fingerprint density at radius 3 is 3.07 bits per heavy atom. The number of nitrogens with two attached hydrogens (primary N) is 1.